The van der Waals surface area contributed by atoms with Crippen LogP contribution >= 0.6 is 0 Å². The van der Waals surface area contributed by atoms with Gasteiger partial charge in [-0.25, -0.2) is 5.14 Å². The van der Waals surface area contributed by atoms with Gasteiger partial charge in [-0.3, -0.25) is 0 Å². The normalized spacial score (nSPS) is 12.5. The van der Waals surface area contributed by atoms with E-state index in [1.807, 2.05) is 6.92 Å². The number of hydrogen-bond donors (Lipinski definition) is 1. The van der Waals surface area contributed by atoms with E-state index >= 15 is 0 Å². The van der Waals surface area contributed by atoms with E-state index in [0.29, 0.717) is 13.1 Å². The minimum absolute atomic E-state index is 0.532. The molecule has 26 heavy (non-hydrogen) atoms. The van der Waals surface area contributed by atoms with Crippen LogP contribution in [0.25, 0.3) is 0 Å². The first kappa shape index (κ1) is 25.6. The number of hydrogen-bond acceptors (Lipinski definition) is 2. The van der Waals surface area contributed by atoms with Crippen molar-refractivity contribution in [2.24, 2.45) is 5.14 Å². The average molecular weight is 389 g/mol. The van der Waals surface area contributed by atoms with E-state index in [9.17, 15) is 8.42 Å². The Labute approximate surface area is 163 Å². The van der Waals surface area contributed by atoms with Gasteiger partial charge in [0, 0.05) is 13.1 Å². The summed E-state index contributed by atoms with van der Waals surface area (Å²) in [5, 5.41) is 5.22. The molecule has 0 amide bonds. The molecule has 0 aliphatic carbocycles. The van der Waals surface area contributed by atoms with E-state index in [-0.39, 0.29) is 0 Å². The minimum Gasteiger partial charge on any atom is -0.216 e. The molecule has 0 aliphatic heterocycles. The largest absolute Gasteiger partial charge is 0.276 e. The maximum absolute atomic E-state index is 11.4. The first-order valence-electron chi connectivity index (χ1n) is 10.9. The third kappa shape index (κ3) is 17.0. The van der Waals surface area contributed by atoms with Crippen molar-refractivity contribution in [3.05, 3.63) is 12.2 Å². The van der Waals surface area contributed by atoms with Gasteiger partial charge in [-0.1, -0.05) is 83.8 Å². The zero-order chi connectivity index (χ0) is 19.5. The summed E-state index contributed by atoms with van der Waals surface area (Å²) in [6, 6.07) is 0. The molecule has 0 unspecified atom stereocenters. The van der Waals surface area contributed by atoms with E-state index in [2.05, 4.69) is 19.1 Å². The van der Waals surface area contributed by atoms with Gasteiger partial charge in [0.2, 0.25) is 0 Å². The molecule has 2 N–H and O–H groups in total. The quantitative estimate of drug-likeness (QED) is 0.220. The Balaban J connectivity index is 3.39. The van der Waals surface area contributed by atoms with Crippen LogP contribution in [0.3, 0.4) is 0 Å². The highest BCUT2D eigenvalue weighted by atomic mass is 32.2. The van der Waals surface area contributed by atoms with Gasteiger partial charge in [0.05, 0.1) is 0 Å². The highest BCUT2D eigenvalue weighted by Gasteiger charge is 2.14. The molecule has 0 rings (SSSR count). The second-order valence-corrected chi connectivity index (χ2v) is 8.93. The molecule has 0 aromatic heterocycles. The average Bonchev–Trinajstić information content (AvgIpc) is 2.59. The molecule has 4 nitrogen and oxygen atoms in total. The van der Waals surface area contributed by atoms with Crippen LogP contribution in [0.1, 0.15) is 110 Å². The molecular weight excluding hydrogens is 344 g/mol. The van der Waals surface area contributed by atoms with Gasteiger partial charge in [0.25, 0.3) is 10.2 Å². The maximum atomic E-state index is 11.4. The second kappa shape index (κ2) is 18.0. The van der Waals surface area contributed by atoms with Crippen LogP contribution in [0.15, 0.2) is 12.2 Å². The Morgan fingerprint density at radius 1 is 0.654 bits per heavy atom. The summed E-state index contributed by atoms with van der Waals surface area (Å²) < 4.78 is 24.2. The van der Waals surface area contributed by atoms with Crippen LogP contribution < -0.4 is 5.14 Å². The summed E-state index contributed by atoms with van der Waals surface area (Å²) >= 11 is 0. The molecule has 0 aliphatic rings. The molecule has 0 aromatic carbocycles. The molecule has 0 aromatic rings. The summed E-state index contributed by atoms with van der Waals surface area (Å²) in [6.45, 7) is 5.33. The van der Waals surface area contributed by atoms with Crippen molar-refractivity contribution in [1.29, 1.82) is 0 Å². The summed E-state index contributed by atoms with van der Waals surface area (Å²) in [7, 11) is -3.52. The topological polar surface area (TPSA) is 63.4 Å². The molecule has 0 radical (unpaired) electrons. The Bertz CT molecular complexity index is 422. The van der Waals surface area contributed by atoms with E-state index in [0.717, 1.165) is 19.3 Å². The smallest absolute Gasteiger partial charge is 0.216 e. The van der Waals surface area contributed by atoms with Crippen LogP contribution in [0, 0.1) is 0 Å². The fourth-order valence-electron chi connectivity index (χ4n) is 3.15. The number of allylic oxidation sites excluding steroid dienone is 2. The van der Waals surface area contributed by atoms with Gasteiger partial charge in [-0.15, -0.1) is 0 Å². The van der Waals surface area contributed by atoms with E-state index < -0.39 is 10.2 Å². The Kier molecular flexibility index (Phi) is 17.7. The lowest BCUT2D eigenvalue weighted by molar-refractivity contribution is 0.396. The van der Waals surface area contributed by atoms with Gasteiger partial charge in [0.15, 0.2) is 0 Å². The lowest BCUT2D eigenvalue weighted by Gasteiger charge is -2.18. The standard InChI is InChI=1S/C21H44N2O2S/c1-3-5-6-7-8-9-10-11-12-13-14-15-16-17-18-19-21-23(20-4-2)26(22,24)25/h11-12H,3-10,13-21H2,1-2H3,(H2,22,24,25). The third-order valence-electron chi connectivity index (χ3n) is 4.75. The summed E-state index contributed by atoms with van der Waals surface area (Å²) in [5.74, 6) is 0. The van der Waals surface area contributed by atoms with Crippen molar-refractivity contribution in [3.63, 3.8) is 0 Å². The van der Waals surface area contributed by atoms with Crippen molar-refractivity contribution in [2.45, 2.75) is 110 Å². The Morgan fingerprint density at radius 2 is 1.12 bits per heavy atom. The van der Waals surface area contributed by atoms with Crippen LogP contribution in [0.2, 0.25) is 0 Å². The van der Waals surface area contributed by atoms with Gasteiger partial charge >= 0.3 is 0 Å². The molecule has 0 bridgehead atoms. The lowest BCUT2D eigenvalue weighted by atomic mass is 10.1. The fourth-order valence-corrected chi connectivity index (χ4v) is 3.97. The maximum Gasteiger partial charge on any atom is 0.276 e. The zero-order valence-corrected chi connectivity index (χ0v) is 18.2. The van der Waals surface area contributed by atoms with Crippen molar-refractivity contribution in [2.75, 3.05) is 13.1 Å². The molecule has 0 heterocycles. The number of nitrogens with zero attached hydrogens (tertiary/aromatic N) is 1. The van der Waals surface area contributed by atoms with Crippen LogP contribution in [0.5, 0.6) is 0 Å². The monoisotopic (exact) mass is 388 g/mol. The molecule has 0 saturated heterocycles. The van der Waals surface area contributed by atoms with Gasteiger partial charge in [0.1, 0.15) is 0 Å². The first-order chi connectivity index (χ1) is 12.5. The fraction of sp³-hybridized carbons (Fsp3) is 0.905. The highest BCUT2D eigenvalue weighted by molar-refractivity contribution is 7.86. The minimum atomic E-state index is -3.52. The third-order valence-corrected chi connectivity index (χ3v) is 5.84. The van der Waals surface area contributed by atoms with Crippen molar-refractivity contribution < 1.29 is 8.42 Å². The summed E-state index contributed by atoms with van der Waals surface area (Å²) in [4.78, 5) is 0. The van der Waals surface area contributed by atoms with E-state index in [4.69, 9.17) is 5.14 Å². The predicted molar refractivity (Wildman–Crippen MR) is 114 cm³/mol. The van der Waals surface area contributed by atoms with E-state index in [1.165, 1.54) is 81.4 Å². The van der Waals surface area contributed by atoms with E-state index in [1.54, 1.807) is 0 Å². The summed E-state index contributed by atoms with van der Waals surface area (Å²) in [5.41, 5.74) is 0. The van der Waals surface area contributed by atoms with Crippen molar-refractivity contribution in [3.8, 4) is 0 Å². The number of nitrogens with two attached hydrogens (primary N) is 1. The van der Waals surface area contributed by atoms with Gasteiger partial charge in [-0.05, 0) is 38.5 Å². The molecule has 0 fully saturated rings. The van der Waals surface area contributed by atoms with Crippen LogP contribution in [-0.2, 0) is 10.2 Å². The molecule has 0 saturated carbocycles. The highest BCUT2D eigenvalue weighted by Crippen LogP contribution is 2.10. The molecule has 156 valence electrons. The summed E-state index contributed by atoms with van der Waals surface area (Å²) in [6.07, 6.45) is 23.2. The second-order valence-electron chi connectivity index (χ2n) is 7.38. The molecular formula is C21H44N2O2S. The van der Waals surface area contributed by atoms with Gasteiger partial charge in [-0.2, -0.15) is 12.7 Å². The van der Waals surface area contributed by atoms with Crippen molar-refractivity contribution >= 4 is 10.2 Å². The Morgan fingerprint density at radius 3 is 1.58 bits per heavy atom. The number of unbranched alkanes of at least 4 members (excludes halogenated alkanes) is 12. The Hall–Kier alpha value is -0.390. The zero-order valence-electron chi connectivity index (χ0n) is 17.4. The predicted octanol–water partition coefficient (Wildman–Crippen LogP) is 5.94. The van der Waals surface area contributed by atoms with Crippen LogP contribution in [-0.4, -0.2) is 25.8 Å². The van der Waals surface area contributed by atoms with Crippen molar-refractivity contribution in [1.82, 2.24) is 4.31 Å². The first-order valence-corrected chi connectivity index (χ1v) is 12.5. The molecule has 0 spiro atoms. The SMILES string of the molecule is CCCCCCCCC=CCCCCCCCCN(CCC)S(N)(=O)=O. The molecule has 5 heteroatoms. The van der Waals surface area contributed by atoms with Gasteiger partial charge < -0.3 is 0 Å². The molecule has 0 atom stereocenters. The van der Waals surface area contributed by atoms with Crippen LogP contribution in [0.4, 0.5) is 0 Å². The number of rotatable bonds is 19. The lowest BCUT2D eigenvalue weighted by Crippen LogP contribution is -2.37.